The predicted octanol–water partition coefficient (Wildman–Crippen LogP) is 1.75. The standard InChI is InChI=1S/C18H24N6O/c1-14-10-21-16(11-20-14)17-13-23(8-9-25-17)12-15-4-5-19-18(22-15)24-6-2-3-7-24/h4-5,10-11,17H,2-3,6-9,12-13H2,1H3. The van der Waals surface area contributed by atoms with Crippen LogP contribution in [0.2, 0.25) is 0 Å². The molecule has 7 nitrogen and oxygen atoms in total. The molecule has 132 valence electrons. The number of hydrogen-bond acceptors (Lipinski definition) is 7. The van der Waals surface area contributed by atoms with E-state index in [0.717, 1.165) is 55.8 Å². The second-order valence-corrected chi connectivity index (χ2v) is 6.72. The summed E-state index contributed by atoms with van der Waals surface area (Å²) >= 11 is 0. The Bertz CT molecular complexity index is 701. The lowest BCUT2D eigenvalue weighted by Gasteiger charge is -2.32. The maximum Gasteiger partial charge on any atom is 0.225 e. The van der Waals surface area contributed by atoms with Crippen molar-refractivity contribution in [1.82, 2.24) is 24.8 Å². The molecule has 1 unspecified atom stereocenters. The summed E-state index contributed by atoms with van der Waals surface area (Å²) in [7, 11) is 0. The first-order chi connectivity index (χ1) is 12.3. The van der Waals surface area contributed by atoms with Crippen molar-refractivity contribution in [3.05, 3.63) is 41.7 Å². The summed E-state index contributed by atoms with van der Waals surface area (Å²) < 4.78 is 5.89. The molecule has 2 fully saturated rings. The number of nitrogens with zero attached hydrogens (tertiary/aromatic N) is 6. The molecule has 0 saturated carbocycles. The fourth-order valence-corrected chi connectivity index (χ4v) is 3.37. The fourth-order valence-electron chi connectivity index (χ4n) is 3.37. The van der Waals surface area contributed by atoms with Crippen molar-refractivity contribution >= 4 is 5.95 Å². The molecule has 7 heteroatoms. The highest BCUT2D eigenvalue weighted by atomic mass is 16.5. The number of aryl methyl sites for hydroxylation is 1. The molecular weight excluding hydrogens is 316 g/mol. The monoisotopic (exact) mass is 340 g/mol. The largest absolute Gasteiger partial charge is 0.369 e. The van der Waals surface area contributed by atoms with Gasteiger partial charge < -0.3 is 9.64 Å². The molecule has 2 aromatic heterocycles. The van der Waals surface area contributed by atoms with Crippen LogP contribution in [0.3, 0.4) is 0 Å². The summed E-state index contributed by atoms with van der Waals surface area (Å²) in [5.74, 6) is 0.865. The Morgan fingerprint density at radius 2 is 2.00 bits per heavy atom. The number of hydrogen-bond donors (Lipinski definition) is 0. The van der Waals surface area contributed by atoms with E-state index in [0.29, 0.717) is 6.61 Å². The van der Waals surface area contributed by atoms with Crippen LogP contribution in [-0.2, 0) is 11.3 Å². The summed E-state index contributed by atoms with van der Waals surface area (Å²) in [6.07, 6.45) is 7.93. The van der Waals surface area contributed by atoms with Gasteiger partial charge in [0.2, 0.25) is 5.95 Å². The van der Waals surface area contributed by atoms with Crippen LogP contribution >= 0.6 is 0 Å². The summed E-state index contributed by atoms with van der Waals surface area (Å²) in [6.45, 7) is 7.29. The van der Waals surface area contributed by atoms with Gasteiger partial charge >= 0.3 is 0 Å². The van der Waals surface area contributed by atoms with Crippen LogP contribution in [0, 0.1) is 6.92 Å². The van der Waals surface area contributed by atoms with Gasteiger partial charge in [-0.05, 0) is 25.8 Å². The lowest BCUT2D eigenvalue weighted by molar-refractivity contribution is -0.0355. The van der Waals surface area contributed by atoms with E-state index in [4.69, 9.17) is 9.72 Å². The van der Waals surface area contributed by atoms with E-state index in [2.05, 4.69) is 24.8 Å². The molecule has 4 rings (SSSR count). The minimum Gasteiger partial charge on any atom is -0.369 e. The third kappa shape index (κ3) is 3.93. The van der Waals surface area contributed by atoms with E-state index in [-0.39, 0.29) is 6.10 Å². The second kappa shape index (κ2) is 7.41. The van der Waals surface area contributed by atoms with Crippen LogP contribution in [0.4, 0.5) is 5.95 Å². The number of ether oxygens (including phenoxy) is 1. The molecule has 0 aromatic carbocycles. The van der Waals surface area contributed by atoms with E-state index in [9.17, 15) is 0 Å². The van der Waals surface area contributed by atoms with Gasteiger partial charge in [0.15, 0.2) is 0 Å². The van der Waals surface area contributed by atoms with Gasteiger partial charge in [-0.1, -0.05) is 0 Å². The first-order valence-corrected chi connectivity index (χ1v) is 8.97. The molecule has 0 aliphatic carbocycles. The third-order valence-corrected chi connectivity index (χ3v) is 4.76. The minimum absolute atomic E-state index is 0.0262. The molecule has 25 heavy (non-hydrogen) atoms. The highest BCUT2D eigenvalue weighted by molar-refractivity contribution is 5.31. The zero-order valence-electron chi connectivity index (χ0n) is 14.6. The lowest BCUT2D eigenvalue weighted by Crippen LogP contribution is -2.38. The predicted molar refractivity (Wildman–Crippen MR) is 94.2 cm³/mol. The van der Waals surface area contributed by atoms with Crippen LogP contribution < -0.4 is 4.90 Å². The average Bonchev–Trinajstić information content (AvgIpc) is 3.18. The second-order valence-electron chi connectivity index (χ2n) is 6.72. The first-order valence-electron chi connectivity index (χ1n) is 8.97. The van der Waals surface area contributed by atoms with Gasteiger partial charge in [0.25, 0.3) is 0 Å². The van der Waals surface area contributed by atoms with Gasteiger partial charge in [0.05, 0.1) is 29.9 Å². The Labute approximate surface area is 148 Å². The molecular formula is C18H24N6O. The lowest BCUT2D eigenvalue weighted by atomic mass is 10.2. The SMILES string of the molecule is Cc1cnc(C2CN(Cc3ccnc(N4CCCC4)n3)CCO2)cn1. The Hall–Kier alpha value is -2.12. The Balaban J connectivity index is 1.42. The molecule has 0 N–H and O–H groups in total. The maximum absolute atomic E-state index is 5.89. The zero-order valence-corrected chi connectivity index (χ0v) is 14.6. The molecule has 2 aliphatic heterocycles. The Morgan fingerprint density at radius 3 is 2.80 bits per heavy atom. The molecule has 0 bridgehead atoms. The van der Waals surface area contributed by atoms with Gasteiger partial charge in [0, 0.05) is 45.1 Å². The zero-order chi connectivity index (χ0) is 17.1. The van der Waals surface area contributed by atoms with Crippen molar-refractivity contribution in [2.75, 3.05) is 37.7 Å². The summed E-state index contributed by atoms with van der Waals surface area (Å²) in [5.41, 5.74) is 2.88. The van der Waals surface area contributed by atoms with Crippen LogP contribution in [0.5, 0.6) is 0 Å². The van der Waals surface area contributed by atoms with Crippen molar-refractivity contribution in [2.24, 2.45) is 0 Å². The highest BCUT2D eigenvalue weighted by Crippen LogP contribution is 2.22. The highest BCUT2D eigenvalue weighted by Gasteiger charge is 2.24. The van der Waals surface area contributed by atoms with Crippen molar-refractivity contribution in [1.29, 1.82) is 0 Å². The van der Waals surface area contributed by atoms with E-state index in [1.807, 2.05) is 25.4 Å². The Kier molecular flexibility index (Phi) is 4.85. The van der Waals surface area contributed by atoms with Gasteiger partial charge in [-0.3, -0.25) is 14.9 Å². The van der Waals surface area contributed by atoms with Crippen molar-refractivity contribution in [3.63, 3.8) is 0 Å². The molecule has 0 spiro atoms. The molecule has 4 heterocycles. The van der Waals surface area contributed by atoms with E-state index in [1.54, 1.807) is 6.20 Å². The number of morpholine rings is 1. The molecule has 2 aromatic rings. The first kappa shape index (κ1) is 16.4. The van der Waals surface area contributed by atoms with Gasteiger partial charge in [-0.25, -0.2) is 9.97 Å². The summed E-state index contributed by atoms with van der Waals surface area (Å²) in [4.78, 5) is 22.6. The molecule has 2 saturated heterocycles. The number of aromatic nitrogens is 4. The van der Waals surface area contributed by atoms with E-state index in [1.165, 1.54) is 12.8 Å². The topological polar surface area (TPSA) is 67.3 Å². The van der Waals surface area contributed by atoms with Gasteiger partial charge in [-0.15, -0.1) is 0 Å². The average molecular weight is 340 g/mol. The minimum atomic E-state index is -0.0262. The smallest absolute Gasteiger partial charge is 0.225 e. The summed E-state index contributed by atoms with van der Waals surface area (Å²) in [5, 5.41) is 0. The molecule has 0 radical (unpaired) electrons. The quantitative estimate of drug-likeness (QED) is 0.840. The van der Waals surface area contributed by atoms with Gasteiger partial charge in [0.1, 0.15) is 6.10 Å². The van der Waals surface area contributed by atoms with Crippen LogP contribution in [0.25, 0.3) is 0 Å². The maximum atomic E-state index is 5.89. The van der Waals surface area contributed by atoms with E-state index >= 15 is 0 Å². The van der Waals surface area contributed by atoms with Crippen molar-refractivity contribution in [3.8, 4) is 0 Å². The fraction of sp³-hybridized carbons (Fsp3) is 0.556. The van der Waals surface area contributed by atoms with Crippen LogP contribution in [-0.4, -0.2) is 57.6 Å². The summed E-state index contributed by atoms with van der Waals surface area (Å²) in [6, 6.07) is 2.01. The normalized spacial score (nSPS) is 21.6. The third-order valence-electron chi connectivity index (χ3n) is 4.76. The van der Waals surface area contributed by atoms with Crippen molar-refractivity contribution in [2.45, 2.75) is 32.4 Å². The van der Waals surface area contributed by atoms with Gasteiger partial charge in [-0.2, -0.15) is 0 Å². The Morgan fingerprint density at radius 1 is 1.12 bits per heavy atom. The number of anilines is 1. The van der Waals surface area contributed by atoms with Crippen molar-refractivity contribution < 1.29 is 4.74 Å². The van der Waals surface area contributed by atoms with Crippen LogP contribution in [0.15, 0.2) is 24.7 Å². The van der Waals surface area contributed by atoms with E-state index < -0.39 is 0 Å². The molecule has 2 aliphatic rings. The number of rotatable bonds is 4. The van der Waals surface area contributed by atoms with Crippen LogP contribution in [0.1, 0.15) is 36.0 Å². The molecule has 0 amide bonds. The molecule has 1 atom stereocenters.